The van der Waals surface area contributed by atoms with E-state index in [9.17, 15) is 0 Å². The topological polar surface area (TPSA) is 62.7 Å². The lowest BCUT2D eigenvalue weighted by Gasteiger charge is -2.08. The summed E-state index contributed by atoms with van der Waals surface area (Å²) < 4.78 is 0. The van der Waals surface area contributed by atoms with E-state index >= 15 is 0 Å². The number of benzene rings is 1. The van der Waals surface area contributed by atoms with E-state index in [0.29, 0.717) is 5.95 Å². The summed E-state index contributed by atoms with van der Waals surface area (Å²) in [6.45, 7) is 7.16. The molecule has 0 saturated carbocycles. The molecule has 0 unspecified atom stereocenters. The second-order valence-corrected chi connectivity index (χ2v) is 4.52. The molecule has 2 rings (SSSR count). The zero-order valence-electron chi connectivity index (χ0n) is 11.6. The zero-order valence-corrected chi connectivity index (χ0v) is 11.6. The zero-order chi connectivity index (χ0) is 13.7. The van der Waals surface area contributed by atoms with Gasteiger partial charge in [-0.2, -0.15) is 10.1 Å². The first-order valence-electron chi connectivity index (χ1n) is 6.47. The normalized spacial score (nSPS) is 10.3. The van der Waals surface area contributed by atoms with Gasteiger partial charge in [0, 0.05) is 12.2 Å². The van der Waals surface area contributed by atoms with Gasteiger partial charge in [0.25, 0.3) is 0 Å². The van der Waals surface area contributed by atoms with Crippen LogP contribution in [0.25, 0.3) is 0 Å². The van der Waals surface area contributed by atoms with E-state index in [4.69, 9.17) is 0 Å². The molecule has 0 spiro atoms. The molecule has 1 aromatic carbocycles. The Balaban J connectivity index is 2.11. The Bertz CT molecular complexity index is 553. The van der Waals surface area contributed by atoms with Crippen molar-refractivity contribution in [2.45, 2.75) is 27.2 Å². The summed E-state index contributed by atoms with van der Waals surface area (Å²) in [6.07, 6.45) is 2.67. The number of aromatic nitrogens is 3. The summed E-state index contributed by atoms with van der Waals surface area (Å²) in [7, 11) is 0. The molecule has 2 N–H and O–H groups in total. The van der Waals surface area contributed by atoms with Crippen LogP contribution in [-0.4, -0.2) is 21.7 Å². The van der Waals surface area contributed by atoms with Crippen LogP contribution in [0.5, 0.6) is 0 Å². The first-order chi connectivity index (χ1) is 9.19. The van der Waals surface area contributed by atoms with E-state index in [1.807, 2.05) is 6.07 Å². The van der Waals surface area contributed by atoms with Crippen molar-refractivity contribution in [1.29, 1.82) is 0 Å². The summed E-state index contributed by atoms with van der Waals surface area (Å²) in [4.78, 5) is 4.36. The molecule has 0 aliphatic heterocycles. The average molecular weight is 257 g/mol. The molecule has 0 amide bonds. The van der Waals surface area contributed by atoms with Gasteiger partial charge in [0.2, 0.25) is 5.95 Å². The Morgan fingerprint density at radius 2 is 2.00 bits per heavy atom. The van der Waals surface area contributed by atoms with Crippen LogP contribution in [0.15, 0.2) is 24.4 Å². The fraction of sp³-hybridized carbons (Fsp3) is 0.357. The SMILES string of the molecule is CCCNc1cnnc(Nc2ccc(C)c(C)c2)n1. The standard InChI is InChI=1S/C14H19N5/c1-4-7-15-13-9-16-19-14(18-13)17-12-6-5-10(2)11(3)8-12/h5-6,8-9H,4,7H2,1-3H3,(H2,15,17,18,19). The molecule has 0 fully saturated rings. The summed E-state index contributed by atoms with van der Waals surface area (Å²) in [5.74, 6) is 1.24. The molecule has 5 heteroatoms. The third-order valence-electron chi connectivity index (χ3n) is 2.88. The second kappa shape index (κ2) is 6.13. The second-order valence-electron chi connectivity index (χ2n) is 4.52. The Kier molecular flexibility index (Phi) is 4.28. The summed E-state index contributed by atoms with van der Waals surface area (Å²) in [6, 6.07) is 6.16. The van der Waals surface area contributed by atoms with E-state index in [2.05, 4.69) is 58.7 Å². The van der Waals surface area contributed by atoms with Gasteiger partial charge in [0.05, 0.1) is 6.20 Å². The highest BCUT2D eigenvalue weighted by atomic mass is 15.3. The Hall–Kier alpha value is -2.17. The van der Waals surface area contributed by atoms with Gasteiger partial charge in [0.15, 0.2) is 5.82 Å². The molecule has 100 valence electrons. The van der Waals surface area contributed by atoms with E-state index < -0.39 is 0 Å². The minimum Gasteiger partial charge on any atom is -0.369 e. The molecule has 1 aromatic heterocycles. The van der Waals surface area contributed by atoms with Crippen LogP contribution in [0.3, 0.4) is 0 Å². The smallest absolute Gasteiger partial charge is 0.249 e. The minimum absolute atomic E-state index is 0.504. The molecular weight excluding hydrogens is 238 g/mol. The first-order valence-corrected chi connectivity index (χ1v) is 6.47. The van der Waals surface area contributed by atoms with Gasteiger partial charge in [-0.05, 0) is 43.5 Å². The largest absolute Gasteiger partial charge is 0.369 e. The number of nitrogens with zero attached hydrogens (tertiary/aromatic N) is 3. The van der Waals surface area contributed by atoms with Gasteiger partial charge in [-0.1, -0.05) is 13.0 Å². The number of rotatable bonds is 5. The monoisotopic (exact) mass is 257 g/mol. The molecule has 0 bridgehead atoms. The fourth-order valence-corrected chi connectivity index (χ4v) is 1.64. The molecular formula is C14H19N5. The molecule has 1 heterocycles. The Morgan fingerprint density at radius 3 is 2.74 bits per heavy atom. The third-order valence-corrected chi connectivity index (χ3v) is 2.88. The van der Waals surface area contributed by atoms with Crippen molar-refractivity contribution in [3.05, 3.63) is 35.5 Å². The highest BCUT2D eigenvalue weighted by Gasteiger charge is 2.02. The van der Waals surface area contributed by atoms with Crippen molar-refractivity contribution in [1.82, 2.24) is 15.2 Å². The lowest BCUT2D eigenvalue weighted by atomic mass is 10.1. The van der Waals surface area contributed by atoms with Crippen LogP contribution in [-0.2, 0) is 0 Å². The van der Waals surface area contributed by atoms with Crippen molar-refractivity contribution in [3.8, 4) is 0 Å². The summed E-state index contributed by atoms with van der Waals surface area (Å²) in [5.41, 5.74) is 3.47. The minimum atomic E-state index is 0.504. The van der Waals surface area contributed by atoms with E-state index in [1.54, 1.807) is 6.20 Å². The van der Waals surface area contributed by atoms with Crippen LogP contribution in [0.1, 0.15) is 24.5 Å². The van der Waals surface area contributed by atoms with Gasteiger partial charge in [-0.3, -0.25) is 0 Å². The van der Waals surface area contributed by atoms with Gasteiger partial charge in [-0.25, -0.2) is 0 Å². The molecule has 0 radical (unpaired) electrons. The van der Waals surface area contributed by atoms with Crippen molar-refractivity contribution >= 4 is 17.5 Å². The molecule has 5 nitrogen and oxygen atoms in total. The number of nitrogens with one attached hydrogen (secondary N) is 2. The molecule has 0 atom stereocenters. The number of hydrogen-bond donors (Lipinski definition) is 2. The maximum atomic E-state index is 4.36. The Labute approximate surface area is 113 Å². The van der Waals surface area contributed by atoms with Gasteiger partial charge in [-0.15, -0.1) is 5.10 Å². The number of anilines is 3. The van der Waals surface area contributed by atoms with Crippen molar-refractivity contribution < 1.29 is 0 Å². The van der Waals surface area contributed by atoms with Crippen LogP contribution in [0.4, 0.5) is 17.5 Å². The summed E-state index contributed by atoms with van der Waals surface area (Å²) in [5, 5.41) is 14.3. The molecule has 19 heavy (non-hydrogen) atoms. The third kappa shape index (κ3) is 3.64. The van der Waals surface area contributed by atoms with Crippen LogP contribution in [0.2, 0.25) is 0 Å². The first kappa shape index (κ1) is 13.3. The maximum Gasteiger partial charge on any atom is 0.249 e. The van der Waals surface area contributed by atoms with Crippen molar-refractivity contribution in [2.75, 3.05) is 17.2 Å². The van der Waals surface area contributed by atoms with E-state index in [-0.39, 0.29) is 0 Å². The average Bonchev–Trinajstić information content (AvgIpc) is 2.41. The van der Waals surface area contributed by atoms with Crippen molar-refractivity contribution in [2.24, 2.45) is 0 Å². The molecule has 2 aromatic rings. The maximum absolute atomic E-state index is 4.36. The fourth-order valence-electron chi connectivity index (χ4n) is 1.64. The molecule has 0 saturated heterocycles. The van der Waals surface area contributed by atoms with E-state index in [0.717, 1.165) is 24.5 Å². The predicted molar refractivity (Wildman–Crippen MR) is 77.8 cm³/mol. The predicted octanol–water partition coefficient (Wildman–Crippen LogP) is 3.05. The highest BCUT2D eigenvalue weighted by molar-refractivity contribution is 5.56. The van der Waals surface area contributed by atoms with Crippen molar-refractivity contribution in [3.63, 3.8) is 0 Å². The number of aryl methyl sites for hydroxylation is 2. The van der Waals surface area contributed by atoms with Gasteiger partial charge >= 0.3 is 0 Å². The lowest BCUT2D eigenvalue weighted by molar-refractivity contribution is 0.935. The quantitative estimate of drug-likeness (QED) is 0.862. The van der Waals surface area contributed by atoms with Gasteiger partial charge < -0.3 is 10.6 Å². The molecule has 0 aliphatic carbocycles. The highest BCUT2D eigenvalue weighted by Crippen LogP contribution is 2.17. The van der Waals surface area contributed by atoms with Crippen LogP contribution < -0.4 is 10.6 Å². The van der Waals surface area contributed by atoms with Gasteiger partial charge in [0.1, 0.15) is 0 Å². The van der Waals surface area contributed by atoms with Crippen LogP contribution >= 0.6 is 0 Å². The van der Waals surface area contributed by atoms with Crippen LogP contribution in [0, 0.1) is 13.8 Å². The summed E-state index contributed by atoms with van der Waals surface area (Å²) >= 11 is 0. The lowest BCUT2D eigenvalue weighted by Crippen LogP contribution is -2.06. The Morgan fingerprint density at radius 1 is 1.16 bits per heavy atom. The molecule has 0 aliphatic rings. The number of hydrogen-bond acceptors (Lipinski definition) is 5. The van der Waals surface area contributed by atoms with E-state index in [1.165, 1.54) is 11.1 Å².